The molecule has 0 aliphatic carbocycles. The molecule has 1 N–H and O–H groups in total. The number of imide groups is 1. The van der Waals surface area contributed by atoms with Crippen molar-refractivity contribution >= 4 is 17.8 Å². The van der Waals surface area contributed by atoms with Gasteiger partial charge in [0, 0.05) is 20.0 Å². The van der Waals surface area contributed by atoms with Crippen LogP contribution in [0.4, 0.5) is 4.79 Å². The molecule has 6 heteroatoms. The van der Waals surface area contributed by atoms with Crippen molar-refractivity contribution in [2.75, 3.05) is 20.1 Å². The van der Waals surface area contributed by atoms with E-state index in [0.29, 0.717) is 6.42 Å². The zero-order valence-corrected chi connectivity index (χ0v) is 17.4. The highest BCUT2D eigenvalue weighted by Gasteiger charge is 2.32. The van der Waals surface area contributed by atoms with Crippen LogP contribution in [0.1, 0.15) is 42.9 Å². The fourth-order valence-corrected chi connectivity index (χ4v) is 3.72. The lowest BCUT2D eigenvalue weighted by molar-refractivity contribution is -0.126. The molecule has 1 saturated heterocycles. The minimum atomic E-state index is -0.288. The second-order valence-electron chi connectivity index (χ2n) is 7.70. The number of amides is 4. The van der Waals surface area contributed by atoms with Crippen molar-refractivity contribution in [3.05, 3.63) is 71.8 Å². The molecule has 0 saturated carbocycles. The largest absolute Gasteiger partial charge is 0.349 e. The summed E-state index contributed by atoms with van der Waals surface area (Å²) >= 11 is 0. The fourth-order valence-electron chi connectivity index (χ4n) is 3.72. The van der Waals surface area contributed by atoms with E-state index in [1.54, 1.807) is 7.05 Å². The minimum Gasteiger partial charge on any atom is -0.349 e. The average Bonchev–Trinajstić information content (AvgIpc) is 3.00. The van der Waals surface area contributed by atoms with E-state index in [1.807, 2.05) is 48.5 Å². The summed E-state index contributed by atoms with van der Waals surface area (Å²) in [5.41, 5.74) is 2.38. The molecule has 1 aliphatic heterocycles. The smallest absolute Gasteiger partial charge is 0.326 e. The van der Waals surface area contributed by atoms with Gasteiger partial charge in [0.15, 0.2) is 0 Å². The molecule has 1 atom stereocenters. The number of hydrogen-bond acceptors (Lipinski definition) is 3. The molecule has 0 radical (unpaired) electrons. The molecular formula is C24H29N3O3. The first-order valence-corrected chi connectivity index (χ1v) is 10.5. The van der Waals surface area contributed by atoms with Gasteiger partial charge in [-0.1, -0.05) is 60.7 Å². The molecule has 0 spiro atoms. The topological polar surface area (TPSA) is 69.7 Å². The van der Waals surface area contributed by atoms with Gasteiger partial charge >= 0.3 is 6.03 Å². The highest BCUT2D eigenvalue weighted by molar-refractivity contribution is 6.01. The first-order chi connectivity index (χ1) is 14.5. The maximum atomic E-state index is 12.6. The molecule has 4 amide bonds. The van der Waals surface area contributed by atoms with Gasteiger partial charge in [-0.25, -0.2) is 4.79 Å². The molecule has 0 aromatic heterocycles. The molecule has 2 aromatic carbocycles. The summed E-state index contributed by atoms with van der Waals surface area (Å²) in [6.45, 7) is 0.391. The summed E-state index contributed by atoms with van der Waals surface area (Å²) in [5, 5.41) is 3.14. The standard InChI is InChI=1S/C24H29N3O3/c1-26-18-23(29)27(24(26)30)17-9-16-22(28)25-21(20-13-6-3-7-14-20)15-8-12-19-10-4-2-5-11-19/h2-7,10-11,13-14,21H,8-9,12,15-18H2,1H3,(H,25,28). The van der Waals surface area contributed by atoms with Gasteiger partial charge in [-0.15, -0.1) is 0 Å². The van der Waals surface area contributed by atoms with Crippen LogP contribution in [0.3, 0.4) is 0 Å². The SMILES string of the molecule is CN1CC(=O)N(CCCC(=O)NC(CCCc2ccccc2)c2ccccc2)C1=O. The molecule has 1 fully saturated rings. The minimum absolute atomic E-state index is 0.0522. The lowest BCUT2D eigenvalue weighted by Crippen LogP contribution is -2.34. The zero-order valence-electron chi connectivity index (χ0n) is 17.4. The molecule has 1 aliphatic rings. The number of benzene rings is 2. The first-order valence-electron chi connectivity index (χ1n) is 10.5. The summed E-state index contributed by atoms with van der Waals surface area (Å²) in [5.74, 6) is -0.262. The van der Waals surface area contributed by atoms with Gasteiger partial charge in [-0.05, 0) is 36.8 Å². The van der Waals surface area contributed by atoms with Crippen molar-refractivity contribution < 1.29 is 14.4 Å². The lowest BCUT2D eigenvalue weighted by Gasteiger charge is -2.20. The first kappa shape index (κ1) is 21.6. The van der Waals surface area contributed by atoms with Gasteiger partial charge in [0.1, 0.15) is 6.54 Å². The van der Waals surface area contributed by atoms with E-state index < -0.39 is 0 Å². The summed E-state index contributed by atoms with van der Waals surface area (Å²) in [4.78, 5) is 38.9. The third-order valence-electron chi connectivity index (χ3n) is 5.35. The molecule has 158 valence electrons. The van der Waals surface area contributed by atoms with Crippen molar-refractivity contribution in [1.82, 2.24) is 15.1 Å². The molecular weight excluding hydrogens is 378 g/mol. The zero-order chi connectivity index (χ0) is 21.3. The Morgan fingerprint density at radius 2 is 1.67 bits per heavy atom. The maximum absolute atomic E-state index is 12.6. The molecule has 1 heterocycles. The third-order valence-corrected chi connectivity index (χ3v) is 5.35. The summed E-state index contributed by atoms with van der Waals surface area (Å²) in [7, 11) is 1.60. The predicted octanol–water partition coefficient (Wildman–Crippen LogP) is 3.54. The van der Waals surface area contributed by atoms with Crippen LogP contribution in [0.15, 0.2) is 60.7 Å². The fraction of sp³-hybridized carbons (Fsp3) is 0.375. The van der Waals surface area contributed by atoms with Crippen LogP contribution in [0.25, 0.3) is 0 Å². The Bertz CT molecular complexity index is 855. The summed E-state index contributed by atoms with van der Waals surface area (Å²) in [6, 6.07) is 20.0. The number of urea groups is 1. The monoisotopic (exact) mass is 407 g/mol. The van der Waals surface area contributed by atoms with Crippen LogP contribution in [0, 0.1) is 0 Å². The summed E-state index contributed by atoms with van der Waals surface area (Å²) in [6.07, 6.45) is 3.52. The maximum Gasteiger partial charge on any atom is 0.326 e. The molecule has 0 bridgehead atoms. The number of rotatable bonds is 10. The van der Waals surface area contributed by atoms with E-state index in [4.69, 9.17) is 0 Å². The number of likely N-dealkylation sites (N-methyl/N-ethyl adjacent to an activating group) is 1. The average molecular weight is 408 g/mol. The summed E-state index contributed by atoms with van der Waals surface area (Å²) < 4.78 is 0. The van der Waals surface area contributed by atoms with Crippen LogP contribution in [0.2, 0.25) is 0 Å². The van der Waals surface area contributed by atoms with E-state index >= 15 is 0 Å². The number of aryl methyl sites for hydroxylation is 1. The van der Waals surface area contributed by atoms with Crippen LogP contribution in [0.5, 0.6) is 0 Å². The Hall–Kier alpha value is -3.15. The van der Waals surface area contributed by atoms with Gasteiger partial charge in [0.25, 0.3) is 0 Å². The van der Waals surface area contributed by atoms with Crippen molar-refractivity contribution in [2.24, 2.45) is 0 Å². The normalized spacial score (nSPS) is 14.8. The van der Waals surface area contributed by atoms with E-state index in [-0.39, 0.29) is 43.4 Å². The Kier molecular flexibility index (Phi) is 7.60. The van der Waals surface area contributed by atoms with Crippen molar-refractivity contribution in [3.8, 4) is 0 Å². The van der Waals surface area contributed by atoms with Gasteiger partial charge in [-0.3, -0.25) is 14.5 Å². The highest BCUT2D eigenvalue weighted by atomic mass is 16.2. The Labute approximate surface area is 177 Å². The van der Waals surface area contributed by atoms with E-state index in [9.17, 15) is 14.4 Å². The number of carbonyl (C=O) groups excluding carboxylic acids is 3. The third kappa shape index (κ3) is 5.92. The Balaban J connectivity index is 1.50. The van der Waals surface area contributed by atoms with Gasteiger partial charge in [0.2, 0.25) is 11.8 Å². The van der Waals surface area contributed by atoms with Crippen LogP contribution < -0.4 is 5.32 Å². The molecule has 30 heavy (non-hydrogen) atoms. The second kappa shape index (κ2) is 10.6. The van der Waals surface area contributed by atoms with Crippen LogP contribution >= 0.6 is 0 Å². The molecule has 3 rings (SSSR count). The van der Waals surface area contributed by atoms with Gasteiger partial charge < -0.3 is 10.2 Å². The molecule has 2 aromatic rings. The Morgan fingerprint density at radius 1 is 1.00 bits per heavy atom. The number of carbonyl (C=O) groups is 3. The quantitative estimate of drug-likeness (QED) is 0.613. The van der Waals surface area contributed by atoms with E-state index in [0.717, 1.165) is 24.8 Å². The van der Waals surface area contributed by atoms with E-state index in [1.165, 1.54) is 15.4 Å². The lowest BCUT2D eigenvalue weighted by atomic mass is 9.98. The number of hydrogen-bond donors (Lipinski definition) is 1. The molecule has 6 nitrogen and oxygen atoms in total. The van der Waals surface area contributed by atoms with Gasteiger partial charge in [-0.2, -0.15) is 0 Å². The van der Waals surface area contributed by atoms with Crippen molar-refractivity contribution in [3.63, 3.8) is 0 Å². The Morgan fingerprint density at radius 3 is 2.30 bits per heavy atom. The van der Waals surface area contributed by atoms with Crippen molar-refractivity contribution in [2.45, 2.75) is 38.1 Å². The molecule has 1 unspecified atom stereocenters. The van der Waals surface area contributed by atoms with Crippen molar-refractivity contribution in [1.29, 1.82) is 0 Å². The predicted molar refractivity (Wildman–Crippen MR) is 116 cm³/mol. The highest BCUT2D eigenvalue weighted by Crippen LogP contribution is 2.20. The number of nitrogens with one attached hydrogen (secondary N) is 1. The second-order valence-corrected chi connectivity index (χ2v) is 7.70. The van der Waals surface area contributed by atoms with E-state index in [2.05, 4.69) is 17.4 Å². The van der Waals surface area contributed by atoms with Crippen LogP contribution in [-0.2, 0) is 16.0 Å². The van der Waals surface area contributed by atoms with Crippen LogP contribution in [-0.4, -0.2) is 47.8 Å². The van der Waals surface area contributed by atoms with Gasteiger partial charge in [0.05, 0.1) is 6.04 Å². The number of nitrogens with zero attached hydrogens (tertiary/aromatic N) is 2.